The second kappa shape index (κ2) is 8.31. The summed E-state index contributed by atoms with van der Waals surface area (Å²) in [5.74, 6) is 0.582. The van der Waals surface area contributed by atoms with Crippen molar-refractivity contribution in [1.29, 1.82) is 5.26 Å². The van der Waals surface area contributed by atoms with Crippen molar-refractivity contribution in [3.63, 3.8) is 0 Å². The van der Waals surface area contributed by atoms with Gasteiger partial charge in [-0.2, -0.15) is 10.4 Å². The predicted octanol–water partition coefficient (Wildman–Crippen LogP) is 3.18. The van der Waals surface area contributed by atoms with Crippen molar-refractivity contribution in [2.75, 3.05) is 11.4 Å². The van der Waals surface area contributed by atoms with Gasteiger partial charge in [-0.3, -0.25) is 9.36 Å². The topological polar surface area (TPSA) is 134 Å². The van der Waals surface area contributed by atoms with E-state index in [4.69, 9.17) is 10.4 Å². The molecule has 184 valence electrons. The van der Waals surface area contributed by atoms with Crippen LogP contribution in [0, 0.1) is 17.1 Å². The Morgan fingerprint density at radius 2 is 1.89 bits per heavy atom. The van der Waals surface area contributed by atoms with Crippen LogP contribution in [0.3, 0.4) is 0 Å². The minimum Gasteiger partial charge on any atom is -0.345 e. The predicted molar refractivity (Wildman–Crippen MR) is 135 cm³/mol. The molecule has 0 unspecified atom stereocenters. The molecule has 0 spiro atoms. The molecule has 7 rings (SSSR count). The summed E-state index contributed by atoms with van der Waals surface area (Å²) in [7, 11) is 0. The second-order valence-electron chi connectivity index (χ2n) is 8.82. The molecule has 12 heteroatoms. The van der Waals surface area contributed by atoms with Crippen molar-refractivity contribution in [2.24, 2.45) is 0 Å². The smallest absolute Gasteiger partial charge is 0.285 e. The van der Waals surface area contributed by atoms with Crippen molar-refractivity contribution in [1.82, 2.24) is 39.1 Å². The summed E-state index contributed by atoms with van der Waals surface area (Å²) >= 11 is 0. The molecule has 0 amide bonds. The Bertz CT molecular complexity index is 1940. The molecule has 1 aliphatic rings. The lowest BCUT2D eigenvalue weighted by atomic mass is 10.00. The molecule has 5 aromatic heterocycles. The van der Waals surface area contributed by atoms with Gasteiger partial charge in [-0.25, -0.2) is 28.8 Å². The highest BCUT2D eigenvalue weighted by Crippen LogP contribution is 2.41. The normalized spacial score (nSPS) is 15.1. The summed E-state index contributed by atoms with van der Waals surface area (Å²) in [4.78, 5) is 36.0. The number of nitrogens with one attached hydrogen (secondary N) is 1. The number of hydrogen-bond donors (Lipinski definition) is 1. The van der Waals surface area contributed by atoms with E-state index < -0.39 is 11.4 Å². The molecule has 0 radical (unpaired) electrons. The number of benzene rings is 1. The quantitative estimate of drug-likeness (QED) is 0.387. The first-order chi connectivity index (χ1) is 18.6. The average molecular weight is 504 g/mol. The van der Waals surface area contributed by atoms with Crippen LogP contribution >= 0.6 is 0 Å². The molecule has 11 nitrogen and oxygen atoms in total. The molecular weight excluding hydrogens is 487 g/mol. The van der Waals surface area contributed by atoms with E-state index in [1.807, 2.05) is 24.3 Å². The molecule has 1 N–H and O–H groups in total. The summed E-state index contributed by atoms with van der Waals surface area (Å²) in [5, 5.41) is 14.5. The molecule has 1 atom stereocenters. The van der Waals surface area contributed by atoms with Crippen molar-refractivity contribution in [3.8, 4) is 22.9 Å². The number of para-hydroxylation sites is 1. The van der Waals surface area contributed by atoms with Crippen LogP contribution in [0.25, 0.3) is 33.4 Å². The van der Waals surface area contributed by atoms with Gasteiger partial charge in [-0.05, 0) is 24.6 Å². The van der Waals surface area contributed by atoms with E-state index >= 15 is 0 Å². The molecule has 0 bridgehead atoms. The number of halogens is 1. The highest BCUT2D eigenvalue weighted by molar-refractivity contribution is 6.01. The first-order valence-electron chi connectivity index (χ1n) is 11.8. The van der Waals surface area contributed by atoms with Crippen LogP contribution in [0.2, 0.25) is 0 Å². The number of aromatic nitrogens is 8. The molecule has 1 aromatic carbocycles. The lowest BCUT2D eigenvalue weighted by Crippen LogP contribution is -2.45. The number of hydrogen-bond acceptors (Lipinski definition) is 8. The second-order valence-corrected chi connectivity index (χ2v) is 8.82. The Morgan fingerprint density at radius 1 is 1.08 bits per heavy atom. The maximum absolute atomic E-state index is 14.5. The minimum atomic E-state index is -0.622. The van der Waals surface area contributed by atoms with Crippen LogP contribution < -0.4 is 10.5 Å². The van der Waals surface area contributed by atoms with Crippen molar-refractivity contribution in [2.45, 2.75) is 12.5 Å². The van der Waals surface area contributed by atoms with Gasteiger partial charge in [0.2, 0.25) is 5.82 Å². The summed E-state index contributed by atoms with van der Waals surface area (Å²) in [5.41, 5.74) is 2.10. The largest absolute Gasteiger partial charge is 0.345 e. The van der Waals surface area contributed by atoms with Crippen LogP contribution in [-0.2, 0) is 0 Å². The minimum absolute atomic E-state index is 0.0784. The number of fused-ring (bicyclic) bond motifs is 2. The molecule has 1 aliphatic heterocycles. The molecule has 1 fully saturated rings. The molecule has 1 saturated heterocycles. The Kier molecular flexibility index (Phi) is 4.77. The SMILES string of the molecule is N#Cc1ncc(-c2c[nH]c3ncnc(N4CC[C@H]4c4nn5ccc(F)c5c(=O)n4-c4ccccc4)c23)cn1. The zero-order valence-electron chi connectivity index (χ0n) is 19.7. The fourth-order valence-corrected chi connectivity index (χ4v) is 4.92. The van der Waals surface area contributed by atoms with Crippen LogP contribution in [0.5, 0.6) is 0 Å². The standard InChI is InChI=1S/C26H17FN10O/c27-18-6-9-36-22(18)26(38)37(16-4-2-1-3-5-16)24(34-36)19-7-8-35(19)25-21-17(13-31-23(21)32-14-33-25)15-11-29-20(10-28)30-12-15/h1-6,9,11-14,19H,7-8H2,(H,31,32,33)/t19-/m0/s1. The summed E-state index contributed by atoms with van der Waals surface area (Å²) < 4.78 is 17.3. The summed E-state index contributed by atoms with van der Waals surface area (Å²) in [6.07, 6.45) is 8.61. The number of nitrogens with zero attached hydrogens (tertiary/aromatic N) is 9. The van der Waals surface area contributed by atoms with E-state index in [1.165, 1.54) is 27.7 Å². The summed E-state index contributed by atoms with van der Waals surface area (Å²) in [6, 6.07) is 11.9. The zero-order valence-corrected chi connectivity index (χ0v) is 19.7. The Hall–Kier alpha value is -5.44. The van der Waals surface area contributed by atoms with E-state index in [1.54, 1.807) is 30.7 Å². The van der Waals surface area contributed by atoms with Gasteiger partial charge in [0.1, 0.15) is 23.9 Å². The van der Waals surface area contributed by atoms with Gasteiger partial charge in [-0.1, -0.05) is 18.2 Å². The molecule has 0 saturated carbocycles. The van der Waals surface area contributed by atoms with Crippen LogP contribution in [-0.4, -0.2) is 45.6 Å². The number of nitriles is 1. The molecule has 6 aromatic rings. The van der Waals surface area contributed by atoms with Crippen molar-refractivity contribution >= 4 is 22.4 Å². The van der Waals surface area contributed by atoms with Gasteiger partial charge < -0.3 is 9.88 Å². The van der Waals surface area contributed by atoms with Crippen molar-refractivity contribution < 1.29 is 4.39 Å². The highest BCUT2D eigenvalue weighted by atomic mass is 19.1. The van der Waals surface area contributed by atoms with Gasteiger partial charge >= 0.3 is 0 Å². The van der Waals surface area contributed by atoms with Gasteiger partial charge in [0.15, 0.2) is 17.2 Å². The third-order valence-corrected chi connectivity index (χ3v) is 6.78. The first-order valence-corrected chi connectivity index (χ1v) is 11.8. The maximum Gasteiger partial charge on any atom is 0.285 e. The third-order valence-electron chi connectivity index (χ3n) is 6.78. The molecule has 6 heterocycles. The Labute approximate surface area is 213 Å². The Balaban J connectivity index is 1.40. The average Bonchev–Trinajstić information content (AvgIpc) is 3.53. The number of H-pyrrole nitrogens is 1. The molecule has 38 heavy (non-hydrogen) atoms. The molecular formula is C26H17FN10O. The monoisotopic (exact) mass is 504 g/mol. The summed E-state index contributed by atoms with van der Waals surface area (Å²) in [6.45, 7) is 0.661. The van der Waals surface area contributed by atoms with Gasteiger partial charge in [0.25, 0.3) is 5.56 Å². The zero-order chi connectivity index (χ0) is 25.8. The number of aromatic amines is 1. The van der Waals surface area contributed by atoms with E-state index in [2.05, 4.69) is 29.8 Å². The fraction of sp³-hybridized carbons (Fsp3) is 0.115. The van der Waals surface area contributed by atoms with Crippen LogP contribution in [0.15, 0.2) is 72.3 Å². The van der Waals surface area contributed by atoms with Gasteiger partial charge in [0.05, 0.1) is 17.1 Å². The lowest BCUT2D eigenvalue weighted by Gasteiger charge is -2.42. The first kappa shape index (κ1) is 21.8. The van der Waals surface area contributed by atoms with Crippen molar-refractivity contribution in [3.05, 3.63) is 95.3 Å². The van der Waals surface area contributed by atoms with E-state index in [-0.39, 0.29) is 17.4 Å². The molecule has 0 aliphatic carbocycles. The van der Waals surface area contributed by atoms with Gasteiger partial charge in [-0.15, -0.1) is 0 Å². The van der Waals surface area contributed by atoms with Gasteiger partial charge in [0, 0.05) is 42.5 Å². The Morgan fingerprint density at radius 3 is 2.63 bits per heavy atom. The van der Waals surface area contributed by atoms with Crippen LogP contribution in [0.4, 0.5) is 10.2 Å². The number of anilines is 1. The van der Waals surface area contributed by atoms with E-state index in [0.29, 0.717) is 41.5 Å². The maximum atomic E-state index is 14.5. The third kappa shape index (κ3) is 3.19. The highest BCUT2D eigenvalue weighted by Gasteiger charge is 2.37. The fourth-order valence-electron chi connectivity index (χ4n) is 4.92. The number of rotatable bonds is 4. The van der Waals surface area contributed by atoms with E-state index in [0.717, 1.165) is 10.9 Å². The van der Waals surface area contributed by atoms with Crippen LogP contribution in [0.1, 0.15) is 24.1 Å². The van der Waals surface area contributed by atoms with E-state index in [9.17, 15) is 9.18 Å². The lowest BCUT2D eigenvalue weighted by molar-refractivity contribution is 0.424.